The molecule has 118 valence electrons. The molecule has 8 nitrogen and oxygen atoms in total. The van der Waals surface area contributed by atoms with Crippen molar-refractivity contribution >= 4 is 34.3 Å². The van der Waals surface area contributed by atoms with Crippen molar-refractivity contribution in [3.05, 3.63) is 63.3 Å². The summed E-state index contributed by atoms with van der Waals surface area (Å²) in [5, 5.41) is 12.3. The van der Waals surface area contributed by atoms with E-state index in [1.165, 1.54) is 4.57 Å². The second-order valence-corrected chi connectivity index (χ2v) is 5.53. The fourth-order valence-electron chi connectivity index (χ4n) is 2.64. The van der Waals surface area contributed by atoms with Gasteiger partial charge in [-0.05, 0) is 30.3 Å². The molecule has 0 saturated carbocycles. The highest BCUT2D eigenvalue weighted by atomic mass is 35.5. The van der Waals surface area contributed by atoms with E-state index >= 15 is 0 Å². The van der Waals surface area contributed by atoms with Gasteiger partial charge in [0.25, 0.3) is 5.56 Å². The molecular weight excluding hydrogens is 330 g/mol. The van der Waals surface area contributed by atoms with Crippen LogP contribution in [0.2, 0.25) is 5.02 Å². The average molecular weight is 340 g/mol. The maximum atomic E-state index is 12.9. The predicted molar refractivity (Wildman–Crippen MR) is 90.8 cm³/mol. The second kappa shape index (κ2) is 5.14. The van der Waals surface area contributed by atoms with E-state index in [9.17, 15) is 4.79 Å². The van der Waals surface area contributed by atoms with Crippen molar-refractivity contribution in [1.29, 1.82) is 5.41 Å². The Labute approximate surface area is 140 Å². The highest BCUT2D eigenvalue weighted by Gasteiger charge is 2.29. The summed E-state index contributed by atoms with van der Waals surface area (Å²) in [6.45, 7) is 0. The van der Waals surface area contributed by atoms with E-state index in [1.54, 1.807) is 36.5 Å². The van der Waals surface area contributed by atoms with Gasteiger partial charge in [0.15, 0.2) is 11.5 Å². The molecule has 3 aromatic rings. The Hall–Kier alpha value is -3.26. The predicted octanol–water partition coefficient (Wildman–Crippen LogP) is 0.983. The zero-order chi connectivity index (χ0) is 16.8. The number of halogens is 1. The summed E-state index contributed by atoms with van der Waals surface area (Å²) in [6, 6.07) is 8.45. The smallest absolute Gasteiger partial charge is 0.267 e. The van der Waals surface area contributed by atoms with E-state index in [4.69, 9.17) is 22.7 Å². The Morgan fingerprint density at radius 1 is 1.38 bits per heavy atom. The van der Waals surface area contributed by atoms with Crippen molar-refractivity contribution < 1.29 is 0 Å². The number of hydrazone groups is 1. The molecule has 0 amide bonds. The van der Waals surface area contributed by atoms with Gasteiger partial charge in [-0.2, -0.15) is 5.10 Å². The van der Waals surface area contributed by atoms with Gasteiger partial charge in [0.1, 0.15) is 5.71 Å². The lowest BCUT2D eigenvalue weighted by atomic mass is 10.1. The average Bonchev–Trinajstić information content (AvgIpc) is 2.86. The number of fused-ring (bicyclic) bond motifs is 4. The third-order valence-electron chi connectivity index (χ3n) is 3.60. The molecule has 1 aromatic carbocycles. The lowest BCUT2D eigenvalue weighted by Crippen LogP contribution is -2.28. The molecule has 0 bridgehead atoms. The lowest BCUT2D eigenvalue weighted by molar-refractivity contribution is 0.947. The minimum atomic E-state index is -0.328. The first-order valence-electron chi connectivity index (χ1n) is 6.92. The van der Waals surface area contributed by atoms with Crippen LogP contribution in [0, 0.1) is 5.41 Å². The first kappa shape index (κ1) is 14.3. The van der Waals surface area contributed by atoms with Gasteiger partial charge in [0.2, 0.25) is 5.96 Å². The van der Waals surface area contributed by atoms with Gasteiger partial charge in [0.05, 0.1) is 11.1 Å². The quantitative estimate of drug-likeness (QED) is 0.271. The lowest BCUT2D eigenvalue weighted by Gasteiger charge is -2.05. The number of rotatable bonds is 1. The van der Waals surface area contributed by atoms with Crippen LogP contribution in [0.25, 0.3) is 16.7 Å². The summed E-state index contributed by atoms with van der Waals surface area (Å²) in [5.74, 6) is -0.0111. The summed E-state index contributed by atoms with van der Waals surface area (Å²) in [6.07, 6.45) is 1.56. The molecule has 0 saturated heterocycles. The molecule has 24 heavy (non-hydrogen) atoms. The Bertz CT molecular complexity index is 1100. The van der Waals surface area contributed by atoms with Crippen LogP contribution >= 0.6 is 11.6 Å². The number of hydrogen-bond acceptors (Lipinski definition) is 5. The van der Waals surface area contributed by atoms with Gasteiger partial charge in [-0.3, -0.25) is 14.8 Å². The summed E-state index contributed by atoms with van der Waals surface area (Å²) >= 11 is 6.08. The third-order valence-corrected chi connectivity index (χ3v) is 3.83. The largest absolute Gasteiger partial charge is 0.369 e. The van der Waals surface area contributed by atoms with Crippen LogP contribution in [0.4, 0.5) is 0 Å². The molecule has 1 aliphatic rings. The Morgan fingerprint density at radius 2 is 2.21 bits per heavy atom. The minimum absolute atomic E-state index is 0.250. The highest BCUT2D eigenvalue weighted by molar-refractivity contribution is 6.31. The Kier molecular flexibility index (Phi) is 3.07. The molecule has 0 radical (unpaired) electrons. The summed E-state index contributed by atoms with van der Waals surface area (Å²) in [7, 11) is 0. The normalized spacial score (nSPS) is 13.8. The molecule has 9 heteroatoms. The number of guanidine groups is 1. The van der Waals surface area contributed by atoms with Crippen molar-refractivity contribution in [3.8, 4) is 5.69 Å². The van der Waals surface area contributed by atoms with Crippen LogP contribution in [0.5, 0.6) is 0 Å². The molecular formula is C15H10ClN7O. The minimum Gasteiger partial charge on any atom is -0.369 e. The molecule has 0 aliphatic carbocycles. The molecule has 4 rings (SSSR count). The van der Waals surface area contributed by atoms with Gasteiger partial charge < -0.3 is 5.73 Å². The molecule has 0 unspecified atom stereocenters. The van der Waals surface area contributed by atoms with Crippen LogP contribution in [-0.2, 0) is 0 Å². The maximum absolute atomic E-state index is 12.9. The zero-order valence-corrected chi connectivity index (χ0v) is 12.9. The van der Waals surface area contributed by atoms with Crippen molar-refractivity contribution in [3.63, 3.8) is 0 Å². The number of nitrogens with two attached hydrogens (primary N) is 1. The van der Waals surface area contributed by atoms with Crippen molar-refractivity contribution in [2.24, 2.45) is 10.8 Å². The van der Waals surface area contributed by atoms with Crippen molar-refractivity contribution in [2.45, 2.75) is 0 Å². The highest BCUT2D eigenvalue weighted by Crippen LogP contribution is 2.28. The van der Waals surface area contributed by atoms with Gasteiger partial charge in [-0.15, -0.1) is 0 Å². The molecule has 3 heterocycles. The second-order valence-electron chi connectivity index (χ2n) is 5.10. The van der Waals surface area contributed by atoms with E-state index in [-0.39, 0.29) is 11.5 Å². The fraction of sp³-hybridized carbons (Fsp3) is 0. The number of benzene rings is 1. The van der Waals surface area contributed by atoms with E-state index in [2.05, 4.69) is 20.5 Å². The van der Waals surface area contributed by atoms with E-state index in [0.29, 0.717) is 38.8 Å². The SMILES string of the molecule is N=C(N)NN=C1c2cc(Cl)ccc2-n2c1nc1ncccc1c2=O. The van der Waals surface area contributed by atoms with Crippen LogP contribution in [-0.4, -0.2) is 26.2 Å². The van der Waals surface area contributed by atoms with Gasteiger partial charge in [-0.1, -0.05) is 11.6 Å². The standard InChI is InChI=1S/C15H10ClN7O/c16-7-3-4-10-9(6-7)11(21-22-15(17)18)13-20-12-8(2-1-5-19-12)14(24)23(10)13/h1-6H,(H4,17,18,22). The van der Waals surface area contributed by atoms with E-state index in [0.717, 1.165) is 0 Å². The molecule has 4 N–H and O–H groups in total. The first-order valence-corrected chi connectivity index (χ1v) is 7.30. The monoisotopic (exact) mass is 339 g/mol. The van der Waals surface area contributed by atoms with E-state index in [1.807, 2.05) is 0 Å². The number of nitrogens with zero attached hydrogens (tertiary/aromatic N) is 4. The molecule has 2 aromatic heterocycles. The topological polar surface area (TPSA) is 122 Å². The number of aromatic nitrogens is 3. The van der Waals surface area contributed by atoms with Gasteiger partial charge >= 0.3 is 0 Å². The zero-order valence-electron chi connectivity index (χ0n) is 12.1. The van der Waals surface area contributed by atoms with Gasteiger partial charge in [0, 0.05) is 16.8 Å². The maximum Gasteiger partial charge on any atom is 0.267 e. The Balaban J connectivity index is 2.10. The summed E-state index contributed by atoms with van der Waals surface area (Å²) < 4.78 is 1.45. The van der Waals surface area contributed by atoms with Crippen molar-refractivity contribution in [2.75, 3.05) is 0 Å². The first-order chi connectivity index (χ1) is 11.6. The number of pyridine rings is 1. The van der Waals surface area contributed by atoms with E-state index < -0.39 is 0 Å². The molecule has 0 spiro atoms. The number of hydrogen-bond donors (Lipinski definition) is 3. The van der Waals surface area contributed by atoms with Crippen LogP contribution in [0.1, 0.15) is 11.4 Å². The molecule has 0 atom stereocenters. The Morgan fingerprint density at radius 3 is 3.00 bits per heavy atom. The van der Waals surface area contributed by atoms with Crippen LogP contribution in [0.15, 0.2) is 46.4 Å². The third kappa shape index (κ3) is 2.04. The number of nitrogens with one attached hydrogen (secondary N) is 2. The van der Waals surface area contributed by atoms with Crippen LogP contribution < -0.4 is 16.7 Å². The fourth-order valence-corrected chi connectivity index (χ4v) is 2.81. The molecule has 1 aliphatic heterocycles. The summed E-state index contributed by atoms with van der Waals surface area (Å²) in [5.41, 5.74) is 9.36. The summed E-state index contributed by atoms with van der Waals surface area (Å²) in [4.78, 5) is 21.4. The van der Waals surface area contributed by atoms with Crippen molar-refractivity contribution in [1.82, 2.24) is 20.0 Å². The van der Waals surface area contributed by atoms with Gasteiger partial charge in [-0.25, -0.2) is 15.4 Å². The van der Waals surface area contributed by atoms with Crippen LogP contribution in [0.3, 0.4) is 0 Å². The molecule has 0 fully saturated rings.